The van der Waals surface area contributed by atoms with Gasteiger partial charge in [0.15, 0.2) is 0 Å². The second-order valence-electron chi connectivity index (χ2n) is 4.82. The van der Waals surface area contributed by atoms with E-state index in [2.05, 4.69) is 15.3 Å². The maximum atomic E-state index is 12.2. The van der Waals surface area contributed by atoms with Gasteiger partial charge in [-0.3, -0.25) is 14.9 Å². The van der Waals surface area contributed by atoms with Crippen molar-refractivity contribution in [3.8, 4) is 0 Å². The molecule has 0 bridgehead atoms. The first-order valence-electron chi connectivity index (χ1n) is 6.63. The number of anilines is 2. The van der Waals surface area contributed by atoms with Crippen molar-refractivity contribution < 1.29 is 9.59 Å². The van der Waals surface area contributed by atoms with Crippen molar-refractivity contribution in [3.05, 3.63) is 47.8 Å². The minimum Gasteiger partial charge on any atom is -0.315 e. The van der Waals surface area contributed by atoms with Crippen molar-refractivity contribution in [1.82, 2.24) is 9.97 Å². The summed E-state index contributed by atoms with van der Waals surface area (Å²) in [5.41, 5.74) is 2.39. The number of nitrogens with zero attached hydrogens (tertiary/aromatic N) is 3. The van der Waals surface area contributed by atoms with E-state index in [0.717, 1.165) is 11.3 Å². The van der Waals surface area contributed by atoms with Crippen molar-refractivity contribution in [3.63, 3.8) is 0 Å². The molecule has 0 aliphatic carbocycles. The summed E-state index contributed by atoms with van der Waals surface area (Å²) in [4.78, 5) is 33.4. The van der Waals surface area contributed by atoms with Crippen LogP contribution in [-0.4, -0.2) is 28.8 Å². The van der Waals surface area contributed by atoms with Crippen molar-refractivity contribution in [2.45, 2.75) is 12.8 Å². The van der Waals surface area contributed by atoms with Gasteiger partial charge in [-0.2, -0.15) is 0 Å². The van der Waals surface area contributed by atoms with Gasteiger partial charge in [0, 0.05) is 37.1 Å². The van der Waals surface area contributed by atoms with Gasteiger partial charge in [0.25, 0.3) is 5.91 Å². The highest BCUT2D eigenvalue weighted by molar-refractivity contribution is 6.04. The third kappa shape index (κ3) is 2.60. The number of benzene rings is 1. The van der Waals surface area contributed by atoms with Gasteiger partial charge in [-0.05, 0) is 36.2 Å². The standard InChI is InChI=1S/C15H14N4O2/c1-19-12-5-3-11(9-10(12)4-6-13(19)20)14(21)18-15-16-7-2-8-17-15/h2-3,5,7-9H,4,6H2,1H3,(H,16,17,18,21). The van der Waals surface area contributed by atoms with Crippen LogP contribution in [0.3, 0.4) is 0 Å². The van der Waals surface area contributed by atoms with Gasteiger partial charge in [-0.15, -0.1) is 0 Å². The zero-order valence-electron chi connectivity index (χ0n) is 11.5. The fourth-order valence-corrected chi connectivity index (χ4v) is 2.34. The summed E-state index contributed by atoms with van der Waals surface area (Å²) >= 11 is 0. The number of carbonyl (C=O) groups is 2. The van der Waals surface area contributed by atoms with E-state index in [1.807, 2.05) is 6.07 Å². The van der Waals surface area contributed by atoms with E-state index in [0.29, 0.717) is 18.4 Å². The summed E-state index contributed by atoms with van der Waals surface area (Å²) in [6.07, 6.45) is 4.25. The highest BCUT2D eigenvalue weighted by Crippen LogP contribution is 2.27. The number of amides is 2. The molecule has 3 rings (SSSR count). The topological polar surface area (TPSA) is 75.2 Å². The van der Waals surface area contributed by atoms with Gasteiger partial charge in [-0.25, -0.2) is 9.97 Å². The highest BCUT2D eigenvalue weighted by atomic mass is 16.2. The Kier molecular flexibility index (Phi) is 3.35. The Morgan fingerprint density at radius 2 is 2.00 bits per heavy atom. The largest absolute Gasteiger partial charge is 0.315 e. The average Bonchev–Trinajstić information content (AvgIpc) is 2.51. The first kappa shape index (κ1) is 13.2. The first-order valence-corrected chi connectivity index (χ1v) is 6.63. The molecule has 0 unspecified atom stereocenters. The number of carbonyl (C=O) groups excluding carboxylic acids is 2. The second-order valence-corrected chi connectivity index (χ2v) is 4.82. The van der Waals surface area contributed by atoms with Crippen LogP contribution >= 0.6 is 0 Å². The highest BCUT2D eigenvalue weighted by Gasteiger charge is 2.21. The zero-order valence-corrected chi connectivity index (χ0v) is 11.5. The Bertz CT molecular complexity index is 700. The SMILES string of the molecule is CN1C(=O)CCc2cc(C(=O)Nc3ncccn3)ccc21. The van der Waals surface area contributed by atoms with Crippen LogP contribution in [0.5, 0.6) is 0 Å². The molecule has 2 amide bonds. The number of aromatic nitrogens is 2. The quantitative estimate of drug-likeness (QED) is 0.908. The molecule has 1 aliphatic rings. The summed E-state index contributed by atoms with van der Waals surface area (Å²) in [5.74, 6) is 0.105. The maximum Gasteiger partial charge on any atom is 0.258 e. The van der Waals surface area contributed by atoms with Crippen LogP contribution < -0.4 is 10.2 Å². The molecule has 6 nitrogen and oxygen atoms in total. The summed E-state index contributed by atoms with van der Waals surface area (Å²) in [6, 6.07) is 7.00. The van der Waals surface area contributed by atoms with Crippen molar-refractivity contribution in [2.24, 2.45) is 0 Å². The molecule has 1 aliphatic heterocycles. The lowest BCUT2D eigenvalue weighted by Crippen LogP contribution is -2.31. The molecule has 106 valence electrons. The fraction of sp³-hybridized carbons (Fsp3) is 0.200. The molecule has 0 atom stereocenters. The number of rotatable bonds is 2. The normalized spacial score (nSPS) is 13.8. The van der Waals surface area contributed by atoms with E-state index in [9.17, 15) is 9.59 Å². The van der Waals surface area contributed by atoms with Gasteiger partial charge in [0.05, 0.1) is 0 Å². The molecule has 1 aromatic carbocycles. The van der Waals surface area contributed by atoms with Gasteiger partial charge in [-0.1, -0.05) is 0 Å². The number of hydrogen-bond acceptors (Lipinski definition) is 4. The molecule has 2 aromatic rings. The van der Waals surface area contributed by atoms with Gasteiger partial charge in [0.2, 0.25) is 11.9 Å². The van der Waals surface area contributed by atoms with E-state index in [1.54, 1.807) is 42.5 Å². The van der Waals surface area contributed by atoms with Crippen LogP contribution in [0.1, 0.15) is 22.3 Å². The fourth-order valence-electron chi connectivity index (χ4n) is 2.34. The van der Waals surface area contributed by atoms with E-state index in [-0.39, 0.29) is 17.8 Å². The maximum absolute atomic E-state index is 12.2. The van der Waals surface area contributed by atoms with Crippen molar-refractivity contribution in [1.29, 1.82) is 0 Å². The molecular formula is C15H14N4O2. The summed E-state index contributed by atoms with van der Waals surface area (Å²) < 4.78 is 0. The second kappa shape index (κ2) is 5.32. The Morgan fingerprint density at radius 3 is 2.76 bits per heavy atom. The van der Waals surface area contributed by atoms with Crippen LogP contribution in [0, 0.1) is 0 Å². The van der Waals surface area contributed by atoms with Crippen LogP contribution in [-0.2, 0) is 11.2 Å². The molecule has 1 N–H and O–H groups in total. The van der Waals surface area contributed by atoms with Crippen LogP contribution in [0.4, 0.5) is 11.6 Å². The van der Waals surface area contributed by atoms with Crippen molar-refractivity contribution in [2.75, 3.05) is 17.3 Å². The summed E-state index contributed by atoms with van der Waals surface area (Å²) in [5, 5.41) is 2.64. The van der Waals surface area contributed by atoms with Gasteiger partial charge < -0.3 is 4.90 Å². The Morgan fingerprint density at radius 1 is 1.24 bits per heavy atom. The Hall–Kier alpha value is -2.76. The monoisotopic (exact) mass is 282 g/mol. The molecule has 0 spiro atoms. The minimum atomic E-state index is -0.261. The predicted octanol–water partition coefficient (Wildman–Crippen LogP) is 1.64. The van der Waals surface area contributed by atoms with E-state index in [4.69, 9.17) is 0 Å². The molecule has 0 saturated carbocycles. The number of aryl methyl sites for hydroxylation is 1. The third-order valence-corrected chi connectivity index (χ3v) is 3.48. The lowest BCUT2D eigenvalue weighted by Gasteiger charge is -2.25. The third-order valence-electron chi connectivity index (χ3n) is 3.48. The zero-order chi connectivity index (χ0) is 14.8. The van der Waals surface area contributed by atoms with Gasteiger partial charge in [0.1, 0.15) is 0 Å². The van der Waals surface area contributed by atoms with E-state index in [1.165, 1.54) is 0 Å². The smallest absolute Gasteiger partial charge is 0.258 e. The predicted molar refractivity (Wildman–Crippen MR) is 78.2 cm³/mol. The molecule has 21 heavy (non-hydrogen) atoms. The minimum absolute atomic E-state index is 0.0948. The van der Waals surface area contributed by atoms with Gasteiger partial charge >= 0.3 is 0 Å². The van der Waals surface area contributed by atoms with E-state index >= 15 is 0 Å². The number of fused-ring (bicyclic) bond motifs is 1. The van der Waals surface area contributed by atoms with E-state index < -0.39 is 0 Å². The summed E-state index contributed by atoms with van der Waals surface area (Å²) in [7, 11) is 1.75. The van der Waals surface area contributed by atoms with Crippen LogP contribution in [0.15, 0.2) is 36.7 Å². The molecule has 2 heterocycles. The lowest BCUT2D eigenvalue weighted by atomic mass is 9.99. The number of nitrogens with one attached hydrogen (secondary N) is 1. The number of hydrogen-bond donors (Lipinski definition) is 1. The van der Waals surface area contributed by atoms with Crippen LogP contribution in [0.2, 0.25) is 0 Å². The molecule has 0 radical (unpaired) electrons. The molecule has 6 heteroatoms. The first-order chi connectivity index (χ1) is 10.1. The lowest BCUT2D eigenvalue weighted by molar-refractivity contribution is -0.118. The average molecular weight is 282 g/mol. The van der Waals surface area contributed by atoms with Crippen LogP contribution in [0.25, 0.3) is 0 Å². The molecular weight excluding hydrogens is 268 g/mol. The Balaban J connectivity index is 1.84. The Labute approximate surface area is 121 Å². The molecule has 1 aromatic heterocycles. The molecule has 0 saturated heterocycles. The summed E-state index contributed by atoms with van der Waals surface area (Å²) in [6.45, 7) is 0. The molecule has 0 fully saturated rings. The van der Waals surface area contributed by atoms with Crippen molar-refractivity contribution >= 4 is 23.5 Å².